The lowest BCUT2D eigenvalue weighted by Gasteiger charge is -2.04. The zero-order chi connectivity index (χ0) is 16.3. The van der Waals surface area contributed by atoms with E-state index in [-0.39, 0.29) is 15.5 Å². The number of H-pyrrole nitrogens is 1. The van der Waals surface area contributed by atoms with Crippen molar-refractivity contribution >= 4 is 21.6 Å². The number of aromatic amines is 1. The Morgan fingerprint density at radius 3 is 2.27 bits per heavy atom. The van der Waals surface area contributed by atoms with Gasteiger partial charge in [-0.3, -0.25) is 4.79 Å². The maximum absolute atomic E-state index is 12.5. The first kappa shape index (κ1) is 15.5. The second-order valence-electron chi connectivity index (χ2n) is 4.24. The molecule has 7 nitrogen and oxygen atoms in total. The predicted octanol–water partition coefficient (Wildman–Crippen LogP) is 1.56. The fourth-order valence-corrected chi connectivity index (χ4v) is 3.18. The van der Waals surface area contributed by atoms with Crippen LogP contribution in [0.15, 0.2) is 64.4 Å². The zero-order valence-corrected chi connectivity index (χ0v) is 11.9. The molecule has 0 aliphatic rings. The number of allylic oxidation sites excluding steroid dienone is 1. The summed E-state index contributed by atoms with van der Waals surface area (Å²) in [5.41, 5.74) is -0.253. The Morgan fingerprint density at radius 1 is 1.05 bits per heavy atom. The number of ketones is 1. The van der Waals surface area contributed by atoms with Gasteiger partial charge in [-0.2, -0.15) is 0 Å². The lowest BCUT2D eigenvalue weighted by atomic mass is 10.2. The van der Waals surface area contributed by atoms with Gasteiger partial charge in [0, 0.05) is 12.3 Å². The fourth-order valence-electron chi connectivity index (χ4n) is 1.75. The van der Waals surface area contributed by atoms with Crippen LogP contribution >= 0.6 is 0 Å². The van der Waals surface area contributed by atoms with Gasteiger partial charge in [0.2, 0.25) is 15.6 Å². The van der Waals surface area contributed by atoms with Crippen LogP contribution in [0.25, 0.3) is 0 Å². The van der Waals surface area contributed by atoms with Crippen molar-refractivity contribution in [3.63, 3.8) is 0 Å². The molecule has 2 rings (SSSR count). The molecule has 0 aliphatic heterocycles. The number of benzene rings is 1. The number of carboxylic acid groups (broad SMARTS) is 1. The average Bonchev–Trinajstić information content (AvgIpc) is 2.98. The number of carbonyl (C=O) groups excluding carboxylic acids is 1. The van der Waals surface area contributed by atoms with Crippen LogP contribution < -0.4 is 0 Å². The third-order valence-corrected chi connectivity index (χ3v) is 4.55. The molecule has 0 spiro atoms. The Labute approximate surface area is 125 Å². The highest BCUT2D eigenvalue weighted by Gasteiger charge is 2.25. The summed E-state index contributed by atoms with van der Waals surface area (Å²) < 4.78 is 24.9. The molecule has 2 aromatic rings. The number of nitrogens with one attached hydrogen (secondary N) is 1. The average molecular weight is 321 g/mol. The minimum atomic E-state index is -3.96. The molecule has 0 atom stereocenters. The SMILES string of the molecule is O=C(O)C(O)=CC(=O)c1cc[nH]c1S(=O)(=O)c1ccccc1. The number of carbonyl (C=O) groups is 2. The number of aliphatic carboxylic acids is 1. The number of hydrogen-bond acceptors (Lipinski definition) is 5. The van der Waals surface area contributed by atoms with E-state index in [0.717, 1.165) is 0 Å². The molecule has 0 unspecified atom stereocenters. The third kappa shape index (κ3) is 2.91. The molecule has 1 aromatic heterocycles. The molecular weight excluding hydrogens is 310 g/mol. The minimum Gasteiger partial charge on any atom is -0.502 e. The molecule has 3 N–H and O–H groups in total. The Morgan fingerprint density at radius 2 is 1.68 bits per heavy atom. The molecule has 0 bridgehead atoms. The van der Waals surface area contributed by atoms with Gasteiger partial charge in [-0.25, -0.2) is 13.2 Å². The molecule has 22 heavy (non-hydrogen) atoms. The number of aliphatic hydroxyl groups is 1. The van der Waals surface area contributed by atoms with E-state index in [9.17, 15) is 18.0 Å². The van der Waals surface area contributed by atoms with Crippen LogP contribution in [-0.4, -0.2) is 35.4 Å². The predicted molar refractivity (Wildman–Crippen MR) is 75.4 cm³/mol. The smallest absolute Gasteiger partial charge is 0.371 e. The van der Waals surface area contributed by atoms with Crippen LogP contribution in [0.2, 0.25) is 0 Å². The zero-order valence-electron chi connectivity index (χ0n) is 11.1. The van der Waals surface area contributed by atoms with Crippen LogP contribution in [0.3, 0.4) is 0 Å². The molecule has 1 aromatic carbocycles. The normalized spacial score (nSPS) is 12.1. The maximum atomic E-state index is 12.5. The Balaban J connectivity index is 2.49. The van der Waals surface area contributed by atoms with Gasteiger partial charge in [0.15, 0.2) is 5.78 Å². The highest BCUT2D eigenvalue weighted by atomic mass is 32.2. The standard InChI is InChI=1S/C14H11NO6S/c16-11(8-12(17)14(18)19)10-6-7-15-13(10)22(20,21)9-4-2-1-3-5-9/h1-8,15,17H,(H,18,19). The molecule has 0 fully saturated rings. The first-order valence-corrected chi connectivity index (χ1v) is 7.48. The van der Waals surface area contributed by atoms with E-state index in [4.69, 9.17) is 10.2 Å². The van der Waals surface area contributed by atoms with Gasteiger partial charge in [-0.1, -0.05) is 18.2 Å². The summed E-state index contributed by atoms with van der Waals surface area (Å²) in [6, 6.07) is 8.65. The molecule has 0 amide bonds. The number of aromatic nitrogens is 1. The van der Waals surface area contributed by atoms with E-state index in [1.54, 1.807) is 6.07 Å². The topological polar surface area (TPSA) is 125 Å². The molecule has 0 radical (unpaired) electrons. The number of hydrogen-bond donors (Lipinski definition) is 3. The summed E-state index contributed by atoms with van der Waals surface area (Å²) in [4.78, 5) is 24.9. The second-order valence-corrected chi connectivity index (χ2v) is 6.12. The first-order chi connectivity index (χ1) is 10.3. The van der Waals surface area contributed by atoms with E-state index in [1.165, 1.54) is 36.5 Å². The Hall–Kier alpha value is -2.87. The van der Waals surface area contributed by atoms with E-state index in [0.29, 0.717) is 6.08 Å². The van der Waals surface area contributed by atoms with E-state index in [1.807, 2.05) is 0 Å². The van der Waals surface area contributed by atoms with Crippen molar-refractivity contribution in [2.75, 3.05) is 0 Å². The Kier molecular flexibility index (Phi) is 4.13. The van der Waals surface area contributed by atoms with Gasteiger partial charge in [-0.15, -0.1) is 0 Å². The Bertz CT molecular complexity index is 848. The molecule has 1 heterocycles. The molecule has 0 aliphatic carbocycles. The van der Waals surface area contributed by atoms with Gasteiger partial charge in [0.05, 0.1) is 10.5 Å². The van der Waals surface area contributed by atoms with Crippen LogP contribution in [0, 0.1) is 0 Å². The van der Waals surface area contributed by atoms with Crippen LogP contribution in [0.5, 0.6) is 0 Å². The van der Waals surface area contributed by atoms with Crippen molar-refractivity contribution in [2.45, 2.75) is 9.92 Å². The van der Waals surface area contributed by atoms with E-state index in [2.05, 4.69) is 4.98 Å². The fraction of sp³-hybridized carbons (Fsp3) is 0. The monoisotopic (exact) mass is 321 g/mol. The minimum absolute atomic E-state index is 0.0158. The number of aliphatic hydroxyl groups excluding tert-OH is 1. The highest BCUT2D eigenvalue weighted by Crippen LogP contribution is 2.23. The molecule has 0 saturated carbocycles. The molecular formula is C14H11NO6S. The van der Waals surface area contributed by atoms with Crippen molar-refractivity contribution in [1.82, 2.24) is 4.98 Å². The van der Waals surface area contributed by atoms with Crippen molar-refractivity contribution < 1.29 is 28.2 Å². The van der Waals surface area contributed by atoms with Crippen molar-refractivity contribution in [3.8, 4) is 0 Å². The summed E-state index contributed by atoms with van der Waals surface area (Å²) in [6.45, 7) is 0. The van der Waals surface area contributed by atoms with Gasteiger partial charge in [0.1, 0.15) is 5.03 Å². The van der Waals surface area contributed by atoms with E-state index >= 15 is 0 Å². The first-order valence-electron chi connectivity index (χ1n) is 6.00. The molecule has 114 valence electrons. The van der Waals surface area contributed by atoms with Gasteiger partial charge in [-0.05, 0) is 18.2 Å². The largest absolute Gasteiger partial charge is 0.502 e. The van der Waals surface area contributed by atoms with Crippen molar-refractivity contribution in [3.05, 3.63) is 60.0 Å². The summed E-state index contributed by atoms with van der Waals surface area (Å²) in [6.07, 6.45) is 1.70. The van der Waals surface area contributed by atoms with Crippen LogP contribution in [-0.2, 0) is 14.6 Å². The van der Waals surface area contributed by atoms with Crippen LogP contribution in [0.1, 0.15) is 10.4 Å². The van der Waals surface area contributed by atoms with E-state index < -0.39 is 27.3 Å². The number of rotatable bonds is 5. The lowest BCUT2D eigenvalue weighted by molar-refractivity contribution is -0.135. The quantitative estimate of drug-likeness (QED) is 0.436. The van der Waals surface area contributed by atoms with Crippen molar-refractivity contribution in [1.29, 1.82) is 0 Å². The summed E-state index contributed by atoms with van der Waals surface area (Å²) in [7, 11) is -3.96. The molecule has 0 saturated heterocycles. The summed E-state index contributed by atoms with van der Waals surface area (Å²) in [5, 5.41) is 17.3. The van der Waals surface area contributed by atoms with Gasteiger partial charge in [0.25, 0.3) is 0 Å². The van der Waals surface area contributed by atoms with Gasteiger partial charge >= 0.3 is 5.97 Å². The van der Waals surface area contributed by atoms with Crippen molar-refractivity contribution in [2.24, 2.45) is 0 Å². The maximum Gasteiger partial charge on any atom is 0.371 e. The third-order valence-electron chi connectivity index (χ3n) is 2.78. The number of carboxylic acids is 1. The van der Waals surface area contributed by atoms with Gasteiger partial charge < -0.3 is 15.2 Å². The summed E-state index contributed by atoms with van der Waals surface area (Å²) in [5.74, 6) is -3.79. The van der Waals surface area contributed by atoms with Crippen LogP contribution in [0.4, 0.5) is 0 Å². The molecule has 8 heteroatoms. The second kappa shape index (κ2) is 5.86. The lowest BCUT2D eigenvalue weighted by Crippen LogP contribution is -2.09. The number of sulfone groups is 1. The highest BCUT2D eigenvalue weighted by molar-refractivity contribution is 7.91. The summed E-state index contributed by atoms with van der Waals surface area (Å²) >= 11 is 0.